The summed E-state index contributed by atoms with van der Waals surface area (Å²) >= 11 is 6.21. The SMILES string of the molecule is CCC(CC)N(CCOC)c1ccc(C(C)=O)c(Cl)c1. The quantitative estimate of drug-likeness (QED) is 0.674. The van der Waals surface area contributed by atoms with Gasteiger partial charge in [-0.05, 0) is 38.0 Å². The minimum atomic E-state index is -0.00692. The van der Waals surface area contributed by atoms with Gasteiger partial charge in [0, 0.05) is 30.9 Å². The van der Waals surface area contributed by atoms with E-state index in [4.69, 9.17) is 16.3 Å². The summed E-state index contributed by atoms with van der Waals surface area (Å²) in [5.41, 5.74) is 1.62. The van der Waals surface area contributed by atoms with E-state index in [9.17, 15) is 4.79 Å². The topological polar surface area (TPSA) is 29.5 Å². The van der Waals surface area contributed by atoms with E-state index in [0.29, 0.717) is 23.2 Å². The van der Waals surface area contributed by atoms with Crippen molar-refractivity contribution in [2.75, 3.05) is 25.2 Å². The summed E-state index contributed by atoms with van der Waals surface area (Å²) in [6, 6.07) is 6.11. The van der Waals surface area contributed by atoms with Crippen molar-refractivity contribution < 1.29 is 9.53 Å². The lowest BCUT2D eigenvalue weighted by atomic mass is 10.1. The largest absolute Gasteiger partial charge is 0.383 e. The third-order valence-electron chi connectivity index (χ3n) is 3.58. The molecule has 3 nitrogen and oxygen atoms in total. The van der Waals surface area contributed by atoms with Crippen molar-refractivity contribution in [3.8, 4) is 0 Å². The summed E-state index contributed by atoms with van der Waals surface area (Å²) in [5.74, 6) is -0.00692. The Balaban J connectivity index is 3.06. The highest BCUT2D eigenvalue weighted by Gasteiger charge is 2.17. The number of hydrogen-bond donors (Lipinski definition) is 0. The van der Waals surface area contributed by atoms with E-state index in [2.05, 4.69) is 18.7 Å². The minimum Gasteiger partial charge on any atom is -0.383 e. The number of carbonyl (C=O) groups excluding carboxylic acids is 1. The first kappa shape index (κ1) is 17.0. The van der Waals surface area contributed by atoms with Gasteiger partial charge in [-0.1, -0.05) is 25.4 Å². The van der Waals surface area contributed by atoms with E-state index in [0.717, 1.165) is 25.1 Å². The average molecular weight is 298 g/mol. The molecule has 1 aromatic rings. The molecule has 0 amide bonds. The van der Waals surface area contributed by atoms with Crippen molar-refractivity contribution in [3.63, 3.8) is 0 Å². The third-order valence-corrected chi connectivity index (χ3v) is 3.90. The number of benzene rings is 1. The molecule has 112 valence electrons. The number of ether oxygens (including phenoxy) is 1. The molecule has 0 saturated carbocycles. The molecule has 1 rings (SSSR count). The molecule has 0 radical (unpaired) electrons. The van der Waals surface area contributed by atoms with Crippen LogP contribution < -0.4 is 4.90 Å². The van der Waals surface area contributed by atoms with E-state index in [-0.39, 0.29) is 5.78 Å². The van der Waals surface area contributed by atoms with Gasteiger partial charge in [-0.2, -0.15) is 0 Å². The van der Waals surface area contributed by atoms with Gasteiger partial charge in [0.1, 0.15) is 0 Å². The Morgan fingerprint density at radius 3 is 2.45 bits per heavy atom. The number of anilines is 1. The Hall–Kier alpha value is -1.06. The second-order valence-corrected chi connectivity index (χ2v) is 5.28. The summed E-state index contributed by atoms with van der Waals surface area (Å²) in [7, 11) is 1.71. The molecule has 1 aromatic carbocycles. The number of rotatable bonds is 8. The van der Waals surface area contributed by atoms with Crippen molar-refractivity contribution in [2.24, 2.45) is 0 Å². The predicted octanol–water partition coefficient (Wildman–Crippen LogP) is 4.18. The summed E-state index contributed by atoms with van der Waals surface area (Å²) < 4.78 is 5.20. The molecule has 0 unspecified atom stereocenters. The van der Waals surface area contributed by atoms with Crippen molar-refractivity contribution >= 4 is 23.1 Å². The van der Waals surface area contributed by atoms with Crippen LogP contribution >= 0.6 is 11.6 Å². The van der Waals surface area contributed by atoms with Gasteiger partial charge in [0.15, 0.2) is 5.78 Å². The van der Waals surface area contributed by atoms with Crippen molar-refractivity contribution in [2.45, 2.75) is 39.7 Å². The van der Waals surface area contributed by atoms with Gasteiger partial charge in [-0.15, -0.1) is 0 Å². The van der Waals surface area contributed by atoms with E-state index >= 15 is 0 Å². The molecule has 0 aliphatic heterocycles. The summed E-state index contributed by atoms with van der Waals surface area (Å²) in [4.78, 5) is 13.8. The number of nitrogens with zero attached hydrogens (tertiary/aromatic N) is 1. The Kier molecular flexibility index (Phi) is 7.03. The zero-order valence-electron chi connectivity index (χ0n) is 12.8. The normalized spacial score (nSPS) is 10.9. The van der Waals surface area contributed by atoms with Crippen LogP contribution in [0.4, 0.5) is 5.69 Å². The van der Waals surface area contributed by atoms with Crippen LogP contribution in [0.15, 0.2) is 18.2 Å². The van der Waals surface area contributed by atoms with Crippen molar-refractivity contribution in [1.82, 2.24) is 0 Å². The van der Waals surface area contributed by atoms with Gasteiger partial charge in [0.2, 0.25) is 0 Å². The maximum absolute atomic E-state index is 11.4. The Morgan fingerprint density at radius 1 is 1.35 bits per heavy atom. The van der Waals surface area contributed by atoms with Gasteiger partial charge in [0.25, 0.3) is 0 Å². The number of carbonyl (C=O) groups is 1. The predicted molar refractivity (Wildman–Crippen MR) is 85.0 cm³/mol. The van der Waals surface area contributed by atoms with Gasteiger partial charge < -0.3 is 9.64 Å². The first-order valence-electron chi connectivity index (χ1n) is 7.11. The highest BCUT2D eigenvalue weighted by atomic mass is 35.5. The van der Waals surface area contributed by atoms with Crippen molar-refractivity contribution in [3.05, 3.63) is 28.8 Å². The number of halogens is 1. The standard InChI is InChI=1S/C16H24ClNO2/c1-5-13(6-2)18(9-10-20-4)14-7-8-15(12(3)19)16(17)11-14/h7-8,11,13H,5-6,9-10H2,1-4H3. The highest BCUT2D eigenvalue weighted by Crippen LogP contribution is 2.27. The lowest BCUT2D eigenvalue weighted by Crippen LogP contribution is -2.37. The molecule has 0 saturated heterocycles. The Labute approximate surface area is 126 Å². The second-order valence-electron chi connectivity index (χ2n) is 4.88. The fourth-order valence-corrected chi connectivity index (χ4v) is 2.72. The van der Waals surface area contributed by atoms with Crippen LogP contribution in [0.3, 0.4) is 0 Å². The molecular weight excluding hydrogens is 274 g/mol. The number of ketones is 1. The third kappa shape index (κ3) is 4.22. The summed E-state index contributed by atoms with van der Waals surface area (Å²) in [5, 5.41) is 0.517. The monoisotopic (exact) mass is 297 g/mol. The average Bonchev–Trinajstić information content (AvgIpc) is 2.43. The maximum Gasteiger partial charge on any atom is 0.161 e. The van der Waals surface area contributed by atoms with Crippen LogP contribution in [0, 0.1) is 0 Å². The molecule has 0 bridgehead atoms. The molecule has 0 aromatic heterocycles. The van der Waals surface area contributed by atoms with Crippen LogP contribution in [-0.2, 0) is 4.74 Å². The molecule has 0 fully saturated rings. The number of methoxy groups -OCH3 is 1. The molecule has 0 N–H and O–H groups in total. The fraction of sp³-hybridized carbons (Fsp3) is 0.562. The van der Waals surface area contributed by atoms with Gasteiger partial charge in [-0.25, -0.2) is 0 Å². The smallest absolute Gasteiger partial charge is 0.161 e. The lowest BCUT2D eigenvalue weighted by molar-refractivity contribution is 0.101. The van der Waals surface area contributed by atoms with Gasteiger partial charge >= 0.3 is 0 Å². The molecule has 0 atom stereocenters. The number of hydrogen-bond acceptors (Lipinski definition) is 3. The number of Topliss-reactive ketones (excluding diaryl/α,β-unsaturated/α-hetero) is 1. The lowest BCUT2D eigenvalue weighted by Gasteiger charge is -2.32. The van der Waals surface area contributed by atoms with E-state index < -0.39 is 0 Å². The zero-order chi connectivity index (χ0) is 15.1. The Bertz CT molecular complexity index is 444. The molecule has 0 heterocycles. The van der Waals surface area contributed by atoms with E-state index in [1.165, 1.54) is 6.92 Å². The van der Waals surface area contributed by atoms with Crippen LogP contribution in [0.5, 0.6) is 0 Å². The Morgan fingerprint density at radius 2 is 2.00 bits per heavy atom. The molecular formula is C16H24ClNO2. The van der Waals surface area contributed by atoms with E-state index in [1.807, 2.05) is 18.2 Å². The maximum atomic E-state index is 11.4. The van der Waals surface area contributed by atoms with Crippen molar-refractivity contribution in [1.29, 1.82) is 0 Å². The van der Waals surface area contributed by atoms with Gasteiger partial charge in [0.05, 0.1) is 11.6 Å². The van der Waals surface area contributed by atoms with Crippen LogP contribution in [0.1, 0.15) is 44.0 Å². The minimum absolute atomic E-state index is 0.00692. The molecule has 0 aliphatic carbocycles. The summed E-state index contributed by atoms with van der Waals surface area (Å²) in [6.45, 7) is 7.38. The van der Waals surface area contributed by atoms with Crippen LogP contribution in [0.25, 0.3) is 0 Å². The van der Waals surface area contributed by atoms with E-state index in [1.54, 1.807) is 7.11 Å². The first-order valence-corrected chi connectivity index (χ1v) is 7.48. The molecule has 20 heavy (non-hydrogen) atoms. The summed E-state index contributed by atoms with van der Waals surface area (Å²) in [6.07, 6.45) is 2.12. The molecule has 0 spiro atoms. The molecule has 4 heteroatoms. The highest BCUT2D eigenvalue weighted by molar-refractivity contribution is 6.34. The van der Waals surface area contributed by atoms with Crippen LogP contribution in [0.2, 0.25) is 5.02 Å². The fourth-order valence-electron chi connectivity index (χ4n) is 2.41. The second kappa shape index (κ2) is 8.28. The molecule has 0 aliphatic rings. The van der Waals surface area contributed by atoms with Gasteiger partial charge in [-0.3, -0.25) is 4.79 Å². The van der Waals surface area contributed by atoms with Crippen LogP contribution in [-0.4, -0.2) is 32.1 Å². The zero-order valence-corrected chi connectivity index (χ0v) is 13.5. The first-order chi connectivity index (χ1) is 9.54.